The molecule has 0 heterocycles. The van der Waals surface area contributed by atoms with E-state index in [1.165, 1.54) is 66.8 Å². The molecule has 1 N–H and O–H groups in total. The Balaban J connectivity index is 1.04. The zero-order valence-corrected chi connectivity index (χ0v) is 38.4. The maximum atomic E-state index is 4.73. The van der Waals surface area contributed by atoms with Gasteiger partial charge in [0.1, 0.15) is 0 Å². The molecule has 8 aromatic rings. The minimum Gasteiger partial charge on any atom is -0.355 e. The van der Waals surface area contributed by atoms with Crippen LogP contribution in [0.2, 0.25) is 0 Å². The molecule has 0 atom stereocenters. The Morgan fingerprint density at radius 2 is 0.955 bits per heavy atom. The van der Waals surface area contributed by atoms with Crippen LogP contribution in [0, 0.1) is 0 Å². The lowest BCUT2D eigenvalue weighted by Crippen LogP contribution is -1.96. The van der Waals surface area contributed by atoms with Crippen molar-refractivity contribution in [2.45, 2.75) is 46.6 Å². The van der Waals surface area contributed by atoms with E-state index in [1.54, 1.807) is 0 Å². The Kier molecular flexibility index (Phi) is 15.1. The molecule has 2 heteroatoms. The minimum absolute atomic E-state index is 0.687. The van der Waals surface area contributed by atoms with Crippen molar-refractivity contribution in [3.8, 4) is 66.8 Å². The third-order valence-corrected chi connectivity index (χ3v) is 11.9. The monoisotopic (exact) mass is 854 g/mol. The topological polar surface area (TPSA) is 24.4 Å². The molecule has 2 nitrogen and oxygen atoms in total. The van der Waals surface area contributed by atoms with Crippen LogP contribution in [0.4, 0.5) is 11.4 Å². The lowest BCUT2D eigenvalue weighted by molar-refractivity contribution is 0.894. The van der Waals surface area contributed by atoms with Crippen molar-refractivity contribution < 1.29 is 0 Å². The molecule has 0 bridgehead atoms. The molecule has 0 saturated carbocycles. The Labute approximate surface area is 392 Å². The largest absolute Gasteiger partial charge is 0.355 e. The second-order valence-corrected chi connectivity index (χ2v) is 16.6. The second-order valence-electron chi connectivity index (χ2n) is 16.6. The lowest BCUT2D eigenvalue weighted by Gasteiger charge is -2.15. The predicted octanol–water partition coefficient (Wildman–Crippen LogP) is 18.1. The average Bonchev–Trinajstić information content (AvgIpc) is 3.37. The number of allylic oxidation sites excluding steroid dienone is 7. The van der Waals surface area contributed by atoms with E-state index in [4.69, 9.17) is 4.99 Å². The molecule has 0 unspecified atom stereocenters. The standard InChI is InChI=1S/C64H58N2/c1-5-8-11-21-47(4)63-45-60(36-37-64(63)66-62-32-12-10-13-33-62)58-31-19-29-56(43-58)54-27-17-25-52(41-54)50-23-15-22-49(39-50)51-24-16-26-53(40-51)55-28-18-30-57(42-55)59-35-34-48(20-7-3)61(44-59)46-65-38-14-9-6-2/h5,8-19,21-45,66H,4,6-7,20,46H2,1-3H3/b8-5-,14-9-,21-11-,65-38?. The summed E-state index contributed by atoms with van der Waals surface area (Å²) in [6.45, 7) is 11.5. The van der Waals surface area contributed by atoms with Gasteiger partial charge < -0.3 is 5.32 Å². The number of aliphatic imine (C=N–C) groups is 1. The maximum Gasteiger partial charge on any atom is 0.0642 e. The van der Waals surface area contributed by atoms with Gasteiger partial charge in [-0.05, 0) is 170 Å². The highest BCUT2D eigenvalue weighted by Gasteiger charge is 2.12. The number of anilines is 2. The Morgan fingerprint density at radius 3 is 1.42 bits per heavy atom. The number of benzene rings is 8. The fourth-order valence-corrected chi connectivity index (χ4v) is 8.41. The highest BCUT2D eigenvalue weighted by molar-refractivity contribution is 5.87. The van der Waals surface area contributed by atoms with Gasteiger partial charge in [-0.15, -0.1) is 0 Å². The van der Waals surface area contributed by atoms with E-state index in [0.29, 0.717) is 6.54 Å². The average molecular weight is 855 g/mol. The van der Waals surface area contributed by atoms with E-state index in [-0.39, 0.29) is 0 Å². The quantitative estimate of drug-likeness (QED) is 0.0716. The minimum atomic E-state index is 0.687. The van der Waals surface area contributed by atoms with Crippen LogP contribution in [0.15, 0.2) is 236 Å². The number of nitrogens with one attached hydrogen (secondary N) is 1. The van der Waals surface area contributed by atoms with Crippen LogP contribution in [0.5, 0.6) is 0 Å². The SMILES string of the molecule is C=C(/C=C\C=C/C)c1cc(-c2cccc(-c3cccc(-c4cccc(-c5cccc(-c6cccc(-c7ccc(CCC)c(CN=C/C=C\CC)c7)c6)c5)c4)c3)c2)ccc1Nc1ccccc1. The molecular weight excluding hydrogens is 797 g/mol. The van der Waals surface area contributed by atoms with Crippen LogP contribution in [0.3, 0.4) is 0 Å². The Morgan fingerprint density at radius 1 is 0.485 bits per heavy atom. The van der Waals surface area contributed by atoms with E-state index in [1.807, 2.05) is 55.6 Å². The second kappa shape index (κ2) is 22.2. The van der Waals surface area contributed by atoms with Crippen molar-refractivity contribution >= 4 is 23.2 Å². The summed E-state index contributed by atoms with van der Waals surface area (Å²) in [5, 5.41) is 3.61. The Hall–Kier alpha value is -7.81. The van der Waals surface area contributed by atoms with Gasteiger partial charge >= 0.3 is 0 Å². The van der Waals surface area contributed by atoms with Gasteiger partial charge in [-0.3, -0.25) is 4.99 Å². The maximum absolute atomic E-state index is 4.73. The van der Waals surface area contributed by atoms with Gasteiger partial charge in [0.25, 0.3) is 0 Å². The predicted molar refractivity (Wildman–Crippen MR) is 287 cm³/mol. The summed E-state index contributed by atoms with van der Waals surface area (Å²) in [6.07, 6.45) is 17.4. The third kappa shape index (κ3) is 11.3. The number of nitrogens with zero attached hydrogens (tertiary/aromatic N) is 1. The molecule has 0 fully saturated rings. The molecule has 0 saturated heterocycles. The normalized spacial score (nSPS) is 11.6. The van der Waals surface area contributed by atoms with Crippen LogP contribution in [0.25, 0.3) is 72.3 Å². The van der Waals surface area contributed by atoms with Crippen molar-refractivity contribution in [1.29, 1.82) is 0 Å². The molecule has 8 rings (SSSR count). The molecule has 0 aliphatic carbocycles. The zero-order chi connectivity index (χ0) is 45.5. The molecule has 0 aliphatic heterocycles. The van der Waals surface area contributed by atoms with E-state index < -0.39 is 0 Å². The first-order valence-electron chi connectivity index (χ1n) is 23.2. The lowest BCUT2D eigenvalue weighted by atomic mass is 9.92. The summed E-state index contributed by atoms with van der Waals surface area (Å²) in [4.78, 5) is 4.73. The molecule has 0 aliphatic rings. The summed E-state index contributed by atoms with van der Waals surface area (Å²) >= 11 is 0. The van der Waals surface area contributed by atoms with E-state index >= 15 is 0 Å². The molecule has 66 heavy (non-hydrogen) atoms. The first-order valence-corrected chi connectivity index (χ1v) is 23.2. The summed E-state index contributed by atoms with van der Waals surface area (Å²) < 4.78 is 0. The number of hydrogen-bond acceptors (Lipinski definition) is 2. The first kappa shape index (κ1) is 44.8. The molecule has 8 aromatic carbocycles. The molecule has 0 spiro atoms. The molecular formula is C64H58N2. The van der Waals surface area contributed by atoms with Gasteiger partial charge in [-0.1, -0.05) is 185 Å². The van der Waals surface area contributed by atoms with Gasteiger partial charge in [-0.25, -0.2) is 0 Å². The number of aryl methyl sites for hydroxylation is 1. The molecule has 0 aromatic heterocycles. The van der Waals surface area contributed by atoms with Crippen molar-refractivity contribution in [3.63, 3.8) is 0 Å². The number of hydrogen-bond donors (Lipinski definition) is 1. The van der Waals surface area contributed by atoms with Crippen LogP contribution in [0.1, 0.15) is 50.3 Å². The van der Waals surface area contributed by atoms with E-state index in [9.17, 15) is 0 Å². The van der Waals surface area contributed by atoms with Gasteiger partial charge in [0.15, 0.2) is 0 Å². The van der Waals surface area contributed by atoms with Crippen LogP contribution in [-0.4, -0.2) is 6.21 Å². The first-order chi connectivity index (χ1) is 32.5. The van der Waals surface area contributed by atoms with Gasteiger partial charge in [-0.2, -0.15) is 0 Å². The van der Waals surface area contributed by atoms with Gasteiger partial charge in [0.2, 0.25) is 0 Å². The van der Waals surface area contributed by atoms with Crippen LogP contribution in [-0.2, 0) is 13.0 Å². The Bertz CT molecular complexity index is 3050. The van der Waals surface area contributed by atoms with Crippen LogP contribution < -0.4 is 5.32 Å². The molecule has 0 radical (unpaired) electrons. The van der Waals surface area contributed by atoms with Crippen molar-refractivity contribution in [1.82, 2.24) is 0 Å². The zero-order valence-electron chi connectivity index (χ0n) is 38.4. The molecule has 0 amide bonds. The summed E-state index contributed by atoms with van der Waals surface area (Å²) in [5.74, 6) is 0. The van der Waals surface area contributed by atoms with Gasteiger partial charge in [0, 0.05) is 23.2 Å². The summed E-state index contributed by atoms with van der Waals surface area (Å²) in [5.41, 5.74) is 20.9. The number of rotatable bonds is 17. The third-order valence-electron chi connectivity index (χ3n) is 11.9. The van der Waals surface area contributed by atoms with E-state index in [2.05, 4.69) is 208 Å². The smallest absolute Gasteiger partial charge is 0.0642 e. The van der Waals surface area contributed by atoms with E-state index in [0.717, 1.165) is 52.9 Å². The highest BCUT2D eigenvalue weighted by Crippen LogP contribution is 2.36. The van der Waals surface area contributed by atoms with Crippen molar-refractivity contribution in [3.05, 3.63) is 248 Å². The van der Waals surface area contributed by atoms with Crippen molar-refractivity contribution in [2.24, 2.45) is 4.99 Å². The highest BCUT2D eigenvalue weighted by atomic mass is 14.9. The van der Waals surface area contributed by atoms with Crippen molar-refractivity contribution in [2.75, 3.05) is 5.32 Å². The number of para-hydroxylation sites is 1. The summed E-state index contributed by atoms with van der Waals surface area (Å²) in [6, 6.07) is 68.3. The fraction of sp³-hybridized carbons (Fsp3) is 0.109. The summed E-state index contributed by atoms with van der Waals surface area (Å²) in [7, 11) is 0. The van der Waals surface area contributed by atoms with Crippen LogP contribution >= 0.6 is 0 Å². The molecule has 324 valence electrons. The van der Waals surface area contributed by atoms with Gasteiger partial charge in [0.05, 0.1) is 6.54 Å². The fourth-order valence-electron chi connectivity index (χ4n) is 8.41.